The van der Waals surface area contributed by atoms with Crippen LogP contribution < -0.4 is 5.32 Å². The molecule has 0 radical (unpaired) electrons. The first kappa shape index (κ1) is 11.1. The number of rotatable bonds is 2. The minimum atomic E-state index is 0. The van der Waals surface area contributed by atoms with E-state index >= 15 is 0 Å². The number of carbonyl (C=O) groups is 1. The molecule has 1 atom stereocenters. The van der Waals surface area contributed by atoms with E-state index in [1.807, 2.05) is 6.07 Å². The largest absolute Gasteiger partial charge is 0.316 e. The molecule has 1 aliphatic heterocycles. The number of pyridine rings is 1. The van der Waals surface area contributed by atoms with Crippen LogP contribution in [0.25, 0.3) is 0 Å². The Morgan fingerprint density at radius 3 is 3.07 bits per heavy atom. The molecule has 1 unspecified atom stereocenters. The Morgan fingerprint density at radius 1 is 1.57 bits per heavy atom. The number of nitrogens with one attached hydrogen (secondary N) is 1. The van der Waals surface area contributed by atoms with E-state index in [1.54, 1.807) is 12.4 Å². The number of aldehydes is 1. The van der Waals surface area contributed by atoms with Gasteiger partial charge in [-0.05, 0) is 30.5 Å². The maximum absolute atomic E-state index is 10.7. The van der Waals surface area contributed by atoms with E-state index in [9.17, 15) is 4.79 Å². The summed E-state index contributed by atoms with van der Waals surface area (Å²) < 4.78 is 0. The standard InChI is InChI=1S/C10H12N2O.ClH/c13-7-9-6-12-4-2-10(9)8-1-3-11-5-8;/h2,4,6-8,11H,1,3,5H2;1H. The Balaban J connectivity index is 0.000000980. The summed E-state index contributed by atoms with van der Waals surface area (Å²) in [6, 6.07) is 1.95. The van der Waals surface area contributed by atoms with Gasteiger partial charge >= 0.3 is 0 Å². The third kappa shape index (κ3) is 2.11. The second-order valence-electron chi connectivity index (χ2n) is 3.31. The van der Waals surface area contributed by atoms with Crippen molar-refractivity contribution in [2.24, 2.45) is 0 Å². The van der Waals surface area contributed by atoms with E-state index < -0.39 is 0 Å². The molecule has 0 aromatic carbocycles. The lowest BCUT2D eigenvalue weighted by atomic mass is 9.96. The number of carbonyl (C=O) groups excluding carboxylic acids is 1. The highest BCUT2D eigenvalue weighted by atomic mass is 35.5. The lowest BCUT2D eigenvalue weighted by Crippen LogP contribution is -2.09. The van der Waals surface area contributed by atoms with Gasteiger partial charge in [0.2, 0.25) is 0 Å². The lowest BCUT2D eigenvalue weighted by molar-refractivity contribution is 0.112. The van der Waals surface area contributed by atoms with E-state index in [1.165, 1.54) is 0 Å². The van der Waals surface area contributed by atoms with Crippen LogP contribution in [0.3, 0.4) is 0 Å². The first-order valence-electron chi connectivity index (χ1n) is 4.51. The van der Waals surface area contributed by atoms with Crippen molar-refractivity contribution in [2.75, 3.05) is 13.1 Å². The molecule has 0 saturated carbocycles. The number of hydrogen-bond donors (Lipinski definition) is 1. The van der Waals surface area contributed by atoms with Gasteiger partial charge in [-0.3, -0.25) is 9.78 Å². The molecular formula is C10H13ClN2O. The van der Waals surface area contributed by atoms with E-state index in [4.69, 9.17) is 0 Å². The fourth-order valence-corrected chi connectivity index (χ4v) is 1.81. The SMILES string of the molecule is Cl.O=Cc1cnccc1C1CCNC1. The molecule has 14 heavy (non-hydrogen) atoms. The Hall–Kier alpha value is -0.930. The van der Waals surface area contributed by atoms with Gasteiger partial charge in [0.05, 0.1) is 0 Å². The first-order valence-corrected chi connectivity index (χ1v) is 4.51. The van der Waals surface area contributed by atoms with E-state index in [0.29, 0.717) is 5.92 Å². The molecular weight excluding hydrogens is 200 g/mol. The summed E-state index contributed by atoms with van der Waals surface area (Å²) in [5.74, 6) is 0.489. The monoisotopic (exact) mass is 212 g/mol. The molecule has 1 saturated heterocycles. The van der Waals surface area contributed by atoms with Gasteiger partial charge in [-0.2, -0.15) is 0 Å². The van der Waals surface area contributed by atoms with Crippen molar-refractivity contribution in [1.82, 2.24) is 10.3 Å². The Morgan fingerprint density at radius 2 is 2.43 bits per heavy atom. The van der Waals surface area contributed by atoms with Gasteiger partial charge in [0.15, 0.2) is 6.29 Å². The third-order valence-corrected chi connectivity index (χ3v) is 2.51. The minimum absolute atomic E-state index is 0. The Bertz CT molecular complexity index is 311. The molecule has 1 aromatic rings. The van der Waals surface area contributed by atoms with Crippen LogP contribution in [-0.2, 0) is 0 Å². The highest BCUT2D eigenvalue weighted by molar-refractivity contribution is 5.85. The molecule has 2 rings (SSSR count). The average molecular weight is 213 g/mol. The second kappa shape index (κ2) is 5.08. The van der Waals surface area contributed by atoms with Crippen molar-refractivity contribution in [2.45, 2.75) is 12.3 Å². The van der Waals surface area contributed by atoms with Crippen LogP contribution in [0.2, 0.25) is 0 Å². The van der Waals surface area contributed by atoms with Gasteiger partial charge in [-0.25, -0.2) is 0 Å². The molecule has 0 aliphatic carbocycles. The molecule has 76 valence electrons. The van der Waals surface area contributed by atoms with Crippen LogP contribution in [0, 0.1) is 0 Å². The zero-order valence-corrected chi connectivity index (χ0v) is 8.59. The van der Waals surface area contributed by atoms with Crippen LogP contribution in [0.1, 0.15) is 28.3 Å². The van der Waals surface area contributed by atoms with Crippen LogP contribution in [0.4, 0.5) is 0 Å². The molecule has 4 heteroatoms. The maximum atomic E-state index is 10.7. The summed E-state index contributed by atoms with van der Waals surface area (Å²) in [5.41, 5.74) is 1.87. The summed E-state index contributed by atoms with van der Waals surface area (Å²) >= 11 is 0. The van der Waals surface area contributed by atoms with Crippen molar-refractivity contribution in [3.8, 4) is 0 Å². The quantitative estimate of drug-likeness (QED) is 0.754. The molecule has 0 bridgehead atoms. The number of halogens is 1. The molecule has 0 amide bonds. The predicted molar refractivity (Wildman–Crippen MR) is 57.1 cm³/mol. The minimum Gasteiger partial charge on any atom is -0.316 e. The fourth-order valence-electron chi connectivity index (χ4n) is 1.81. The molecule has 1 aromatic heterocycles. The highest BCUT2D eigenvalue weighted by Gasteiger charge is 2.18. The van der Waals surface area contributed by atoms with Crippen molar-refractivity contribution in [1.29, 1.82) is 0 Å². The fraction of sp³-hybridized carbons (Fsp3) is 0.400. The van der Waals surface area contributed by atoms with E-state index in [-0.39, 0.29) is 12.4 Å². The summed E-state index contributed by atoms with van der Waals surface area (Å²) in [4.78, 5) is 14.7. The van der Waals surface area contributed by atoms with Gasteiger partial charge in [0.1, 0.15) is 0 Å². The molecule has 2 heterocycles. The van der Waals surface area contributed by atoms with Gasteiger partial charge < -0.3 is 5.32 Å². The summed E-state index contributed by atoms with van der Waals surface area (Å²) in [5, 5.41) is 3.29. The van der Waals surface area contributed by atoms with Crippen LogP contribution in [-0.4, -0.2) is 24.4 Å². The van der Waals surface area contributed by atoms with Crippen molar-refractivity contribution in [3.05, 3.63) is 29.6 Å². The van der Waals surface area contributed by atoms with Crippen molar-refractivity contribution < 1.29 is 4.79 Å². The van der Waals surface area contributed by atoms with Crippen LogP contribution in [0.5, 0.6) is 0 Å². The van der Waals surface area contributed by atoms with Gasteiger partial charge in [-0.15, -0.1) is 12.4 Å². The normalized spacial score (nSPS) is 20.1. The van der Waals surface area contributed by atoms with E-state index in [0.717, 1.165) is 36.9 Å². The first-order chi connectivity index (χ1) is 6.42. The molecule has 3 nitrogen and oxygen atoms in total. The van der Waals surface area contributed by atoms with Crippen molar-refractivity contribution >= 4 is 18.7 Å². The lowest BCUT2D eigenvalue weighted by Gasteiger charge is -2.09. The summed E-state index contributed by atoms with van der Waals surface area (Å²) in [6.07, 6.45) is 5.40. The molecule has 0 spiro atoms. The Kier molecular flexibility index (Phi) is 4.04. The number of nitrogens with zero attached hydrogens (tertiary/aromatic N) is 1. The van der Waals surface area contributed by atoms with E-state index in [2.05, 4.69) is 10.3 Å². The zero-order chi connectivity index (χ0) is 9.10. The third-order valence-electron chi connectivity index (χ3n) is 2.51. The highest BCUT2D eigenvalue weighted by Crippen LogP contribution is 2.23. The summed E-state index contributed by atoms with van der Waals surface area (Å²) in [7, 11) is 0. The molecule has 1 aliphatic rings. The van der Waals surface area contributed by atoms with Crippen LogP contribution >= 0.6 is 12.4 Å². The predicted octanol–water partition coefficient (Wildman–Crippen LogP) is 1.39. The van der Waals surface area contributed by atoms with Gasteiger partial charge in [0.25, 0.3) is 0 Å². The molecule has 1 N–H and O–H groups in total. The Labute approximate surface area is 89.3 Å². The summed E-state index contributed by atoms with van der Waals surface area (Å²) in [6.45, 7) is 2.02. The van der Waals surface area contributed by atoms with Crippen molar-refractivity contribution in [3.63, 3.8) is 0 Å². The zero-order valence-electron chi connectivity index (χ0n) is 7.77. The smallest absolute Gasteiger partial charge is 0.151 e. The second-order valence-corrected chi connectivity index (χ2v) is 3.31. The average Bonchev–Trinajstić information content (AvgIpc) is 2.70. The maximum Gasteiger partial charge on any atom is 0.151 e. The number of aromatic nitrogens is 1. The van der Waals surface area contributed by atoms with Gasteiger partial charge in [0, 0.05) is 24.5 Å². The van der Waals surface area contributed by atoms with Gasteiger partial charge in [-0.1, -0.05) is 0 Å². The number of hydrogen-bond acceptors (Lipinski definition) is 3. The van der Waals surface area contributed by atoms with Crippen LogP contribution in [0.15, 0.2) is 18.5 Å². The topological polar surface area (TPSA) is 42.0 Å². The molecule has 1 fully saturated rings.